The number of carbonyl (C=O) groups excluding carboxylic acids is 2. The van der Waals surface area contributed by atoms with Gasteiger partial charge in [0.1, 0.15) is 18.0 Å². The maximum absolute atomic E-state index is 16.9. The zero-order chi connectivity index (χ0) is 30.3. The van der Waals surface area contributed by atoms with E-state index in [0.717, 1.165) is 18.6 Å². The predicted molar refractivity (Wildman–Crippen MR) is 146 cm³/mol. The van der Waals surface area contributed by atoms with E-state index in [2.05, 4.69) is 0 Å². The molecule has 1 fully saturated rings. The summed E-state index contributed by atoms with van der Waals surface area (Å²) < 4.78 is 76.4. The first-order chi connectivity index (χ1) is 19.1. The number of nitrogens with two attached hydrogens (primary N) is 1. The van der Waals surface area contributed by atoms with Crippen LogP contribution < -0.4 is 16.0 Å². The largest absolute Gasteiger partial charge is 0.456 e. The molecule has 2 aromatic rings. The van der Waals surface area contributed by atoms with E-state index in [1.807, 2.05) is 12.2 Å². The predicted octanol–water partition coefficient (Wildman–Crippen LogP) is 6.33. The fraction of sp³-hybridized carbons (Fsp3) is 0.533. The van der Waals surface area contributed by atoms with E-state index < -0.39 is 53.9 Å². The van der Waals surface area contributed by atoms with Crippen LogP contribution in [0.4, 0.5) is 27.6 Å². The first kappa shape index (κ1) is 30.7. The number of piperidine rings is 1. The molecule has 4 rings (SSSR count). The number of ether oxygens (including phenoxy) is 1. The second kappa shape index (κ2) is 11.6. The summed E-state index contributed by atoms with van der Waals surface area (Å²) in [7, 11) is 0. The quantitative estimate of drug-likeness (QED) is 0.295. The maximum Gasteiger partial charge on any atom is 0.405 e. The number of fused-ring (bicyclic) bond motifs is 3. The molecule has 11 heteroatoms. The van der Waals surface area contributed by atoms with Gasteiger partial charge in [0.2, 0.25) is 5.91 Å². The van der Waals surface area contributed by atoms with Crippen LogP contribution in [0.15, 0.2) is 18.2 Å². The van der Waals surface area contributed by atoms with Gasteiger partial charge in [-0.25, -0.2) is 13.6 Å². The summed E-state index contributed by atoms with van der Waals surface area (Å²) in [6.45, 7) is 5.60. The average Bonchev–Trinajstić information content (AvgIpc) is 3.19. The van der Waals surface area contributed by atoms with Gasteiger partial charge in [0.05, 0.1) is 23.3 Å². The van der Waals surface area contributed by atoms with Gasteiger partial charge >= 0.3 is 12.1 Å². The normalized spacial score (nSPS) is 18.6. The number of hydrogen-bond acceptors (Lipinski definition) is 5. The van der Waals surface area contributed by atoms with Crippen LogP contribution in [0.25, 0.3) is 11.1 Å². The van der Waals surface area contributed by atoms with Crippen LogP contribution in [0, 0.1) is 11.6 Å². The highest BCUT2D eigenvalue weighted by atomic mass is 19.4. The van der Waals surface area contributed by atoms with E-state index in [0.29, 0.717) is 32.2 Å². The van der Waals surface area contributed by atoms with Crippen molar-refractivity contribution >= 4 is 17.6 Å². The SMILES string of the molecule is CCCCc1c(F)c(N2CCCCC2N)c(C(=O)OC(C)(C)C)c2c1C(C(=O)NCC(F)(F)F)c1cc(F)ccc1-2. The summed E-state index contributed by atoms with van der Waals surface area (Å²) in [6.07, 6.45) is -1.92. The minimum Gasteiger partial charge on any atom is -0.456 e. The van der Waals surface area contributed by atoms with Crippen molar-refractivity contribution in [3.63, 3.8) is 0 Å². The van der Waals surface area contributed by atoms with E-state index in [4.69, 9.17) is 10.5 Å². The van der Waals surface area contributed by atoms with Gasteiger partial charge in [0, 0.05) is 12.1 Å². The Kier molecular flexibility index (Phi) is 8.68. The molecule has 41 heavy (non-hydrogen) atoms. The Morgan fingerprint density at radius 3 is 2.46 bits per heavy atom. The van der Waals surface area contributed by atoms with E-state index in [-0.39, 0.29) is 45.5 Å². The highest BCUT2D eigenvalue weighted by Gasteiger charge is 2.44. The Hall–Kier alpha value is -3.21. The van der Waals surface area contributed by atoms with Crippen LogP contribution in [0.3, 0.4) is 0 Å². The number of nitrogens with one attached hydrogen (secondary N) is 1. The van der Waals surface area contributed by atoms with Gasteiger partial charge in [-0.15, -0.1) is 0 Å². The summed E-state index contributed by atoms with van der Waals surface area (Å²) in [5.41, 5.74) is 5.89. The number of unbranched alkanes of at least 4 members (excludes halogenated alkanes) is 1. The third-order valence-corrected chi connectivity index (χ3v) is 7.38. The Morgan fingerprint density at radius 1 is 1.15 bits per heavy atom. The maximum atomic E-state index is 16.9. The molecule has 1 aliphatic carbocycles. The number of nitrogens with zero attached hydrogens (tertiary/aromatic N) is 1. The van der Waals surface area contributed by atoms with E-state index in [1.54, 1.807) is 25.7 Å². The third-order valence-electron chi connectivity index (χ3n) is 7.38. The number of hydrogen-bond donors (Lipinski definition) is 2. The molecule has 2 unspecified atom stereocenters. The van der Waals surface area contributed by atoms with Gasteiger partial charge in [-0.3, -0.25) is 4.79 Å². The molecule has 1 saturated heterocycles. The lowest BCUT2D eigenvalue weighted by Gasteiger charge is -2.38. The first-order valence-electron chi connectivity index (χ1n) is 13.9. The van der Waals surface area contributed by atoms with Crippen molar-refractivity contribution < 1.29 is 36.3 Å². The molecule has 0 saturated carbocycles. The van der Waals surface area contributed by atoms with Crippen molar-refractivity contribution in [3.05, 3.63) is 52.1 Å². The lowest BCUT2D eigenvalue weighted by atomic mass is 9.86. The summed E-state index contributed by atoms with van der Waals surface area (Å²) in [6, 6.07) is 3.56. The molecule has 2 aromatic carbocycles. The first-order valence-corrected chi connectivity index (χ1v) is 13.9. The van der Waals surface area contributed by atoms with E-state index in [9.17, 15) is 27.2 Å². The lowest BCUT2D eigenvalue weighted by molar-refractivity contribution is -0.138. The number of esters is 1. The summed E-state index contributed by atoms with van der Waals surface area (Å²) in [4.78, 5) is 28.9. The van der Waals surface area contributed by atoms with Crippen molar-refractivity contribution in [1.29, 1.82) is 0 Å². The molecular weight excluding hydrogens is 545 g/mol. The molecule has 0 aromatic heterocycles. The number of anilines is 1. The van der Waals surface area contributed by atoms with Gasteiger partial charge in [0.15, 0.2) is 5.82 Å². The molecule has 3 N–H and O–H groups in total. The van der Waals surface area contributed by atoms with Gasteiger partial charge in [-0.1, -0.05) is 19.4 Å². The Balaban J connectivity index is 2.09. The van der Waals surface area contributed by atoms with Crippen molar-refractivity contribution in [2.75, 3.05) is 18.0 Å². The van der Waals surface area contributed by atoms with Crippen molar-refractivity contribution in [3.8, 4) is 11.1 Å². The van der Waals surface area contributed by atoms with Crippen molar-refractivity contribution in [1.82, 2.24) is 5.32 Å². The van der Waals surface area contributed by atoms with Crippen LogP contribution in [0.5, 0.6) is 0 Å². The average molecular weight is 582 g/mol. The molecule has 1 heterocycles. The number of rotatable bonds is 7. The van der Waals surface area contributed by atoms with Crippen molar-refractivity contribution in [2.24, 2.45) is 5.73 Å². The summed E-state index contributed by atoms with van der Waals surface area (Å²) in [5, 5.41) is 1.89. The molecule has 0 radical (unpaired) electrons. The molecule has 1 amide bonds. The van der Waals surface area contributed by atoms with Crippen LogP contribution in [-0.2, 0) is 16.0 Å². The number of alkyl halides is 3. The molecule has 0 spiro atoms. The summed E-state index contributed by atoms with van der Waals surface area (Å²) in [5.74, 6) is -4.89. The minimum absolute atomic E-state index is 0.0528. The molecule has 1 aliphatic heterocycles. The monoisotopic (exact) mass is 581 g/mol. The van der Waals surface area contributed by atoms with Gasteiger partial charge in [-0.05, 0) is 87.3 Å². The highest BCUT2D eigenvalue weighted by Crippen LogP contribution is 2.53. The molecule has 6 nitrogen and oxygen atoms in total. The van der Waals surface area contributed by atoms with Crippen LogP contribution in [0.1, 0.15) is 92.8 Å². The molecule has 2 atom stereocenters. The number of amides is 1. The van der Waals surface area contributed by atoms with Crippen LogP contribution in [0.2, 0.25) is 0 Å². The molecule has 224 valence electrons. The molecule has 0 bridgehead atoms. The van der Waals surface area contributed by atoms with E-state index in [1.165, 1.54) is 6.07 Å². The second-order valence-electron chi connectivity index (χ2n) is 11.7. The zero-order valence-corrected chi connectivity index (χ0v) is 23.7. The Bertz CT molecular complexity index is 1340. The fourth-order valence-electron chi connectivity index (χ4n) is 5.72. The topological polar surface area (TPSA) is 84.7 Å². The fourth-order valence-corrected chi connectivity index (χ4v) is 5.72. The van der Waals surface area contributed by atoms with Gasteiger partial charge in [0.25, 0.3) is 0 Å². The van der Waals surface area contributed by atoms with Crippen LogP contribution in [-0.4, -0.2) is 42.9 Å². The summed E-state index contributed by atoms with van der Waals surface area (Å²) >= 11 is 0. The third kappa shape index (κ3) is 6.34. The molecular formula is C30H36F5N3O3. The number of halogens is 5. The highest BCUT2D eigenvalue weighted by molar-refractivity contribution is 6.09. The Labute approximate surface area is 236 Å². The van der Waals surface area contributed by atoms with Crippen molar-refractivity contribution in [2.45, 2.75) is 90.1 Å². The number of benzene rings is 2. The van der Waals surface area contributed by atoms with Crippen LogP contribution >= 0.6 is 0 Å². The second-order valence-corrected chi connectivity index (χ2v) is 11.7. The zero-order valence-electron chi connectivity index (χ0n) is 23.7. The number of carbonyl (C=O) groups is 2. The smallest absolute Gasteiger partial charge is 0.405 e. The minimum atomic E-state index is -4.70. The molecule has 2 aliphatic rings. The van der Waals surface area contributed by atoms with Gasteiger partial charge in [-0.2, -0.15) is 13.2 Å². The lowest BCUT2D eigenvalue weighted by Crippen LogP contribution is -2.47. The van der Waals surface area contributed by atoms with Gasteiger partial charge < -0.3 is 20.7 Å². The standard InChI is InChI=1S/C30H36F5N3O3/c1-5-6-9-18-22-21(17-12-11-16(31)14-19(17)23(22)27(39)37-15-30(33,34)35)24(28(40)41-29(2,3)4)26(25(18)32)38-13-8-7-10-20(38)36/h11-12,14,20,23H,5-10,13,15,36H2,1-4H3,(H,37,39). The van der Waals surface area contributed by atoms with E-state index >= 15 is 4.39 Å². The Morgan fingerprint density at radius 2 is 1.85 bits per heavy atom.